The average Bonchev–Trinajstić information content (AvgIpc) is 2.70. The number of H-pyrrole nitrogens is 1. The Morgan fingerprint density at radius 3 is 2.88 bits per heavy atom. The van der Waals surface area contributed by atoms with Crippen LogP contribution in [0.4, 0.5) is 5.69 Å². The first kappa shape index (κ1) is 10.1. The molecule has 0 aliphatic heterocycles. The van der Waals surface area contributed by atoms with E-state index in [1.807, 2.05) is 0 Å². The number of ketones is 1. The summed E-state index contributed by atoms with van der Waals surface area (Å²) < 4.78 is 0. The lowest BCUT2D eigenvalue weighted by Gasteiger charge is -1.94. The van der Waals surface area contributed by atoms with Gasteiger partial charge in [0.1, 0.15) is 0 Å². The third-order valence-electron chi connectivity index (χ3n) is 2.33. The van der Waals surface area contributed by atoms with Crippen LogP contribution in [0.3, 0.4) is 0 Å². The second-order valence-electron chi connectivity index (χ2n) is 3.26. The van der Waals surface area contributed by atoms with E-state index in [2.05, 4.69) is 11.6 Å². The summed E-state index contributed by atoms with van der Waals surface area (Å²) in [4.78, 5) is 24.5. The van der Waals surface area contributed by atoms with Gasteiger partial charge in [-0.3, -0.25) is 14.9 Å². The molecule has 0 fully saturated rings. The zero-order valence-electron chi connectivity index (χ0n) is 8.27. The molecule has 0 saturated heterocycles. The van der Waals surface area contributed by atoms with Crippen molar-refractivity contribution in [2.75, 3.05) is 0 Å². The van der Waals surface area contributed by atoms with Gasteiger partial charge in [0.15, 0.2) is 5.78 Å². The second-order valence-corrected chi connectivity index (χ2v) is 3.26. The molecule has 80 valence electrons. The largest absolute Gasteiger partial charge is 0.360 e. The maximum atomic E-state index is 11.5. The van der Waals surface area contributed by atoms with Crippen molar-refractivity contribution in [3.05, 3.63) is 52.7 Å². The number of non-ortho nitro benzene ring substituents is 1. The Kier molecular flexibility index (Phi) is 2.28. The lowest BCUT2D eigenvalue weighted by Crippen LogP contribution is -1.92. The fraction of sp³-hybridized carbons (Fsp3) is 0. The second kappa shape index (κ2) is 3.62. The average molecular weight is 216 g/mol. The monoisotopic (exact) mass is 216 g/mol. The van der Waals surface area contributed by atoms with E-state index in [1.54, 1.807) is 6.07 Å². The minimum atomic E-state index is -0.491. The van der Waals surface area contributed by atoms with E-state index in [-0.39, 0.29) is 11.5 Å². The molecule has 1 aromatic carbocycles. The molecule has 0 amide bonds. The van der Waals surface area contributed by atoms with Gasteiger partial charge >= 0.3 is 0 Å². The van der Waals surface area contributed by atoms with Gasteiger partial charge in [0.05, 0.1) is 4.92 Å². The third-order valence-corrected chi connectivity index (χ3v) is 2.33. The fourth-order valence-corrected chi connectivity index (χ4v) is 1.54. The fourth-order valence-electron chi connectivity index (χ4n) is 1.54. The molecule has 0 bridgehead atoms. The summed E-state index contributed by atoms with van der Waals surface area (Å²) in [6, 6.07) is 4.34. The number of hydrogen-bond acceptors (Lipinski definition) is 3. The van der Waals surface area contributed by atoms with Crippen LogP contribution >= 0.6 is 0 Å². The van der Waals surface area contributed by atoms with Gasteiger partial charge in [0.2, 0.25) is 0 Å². The molecule has 16 heavy (non-hydrogen) atoms. The normalized spacial score (nSPS) is 10.2. The minimum absolute atomic E-state index is 0.0368. The number of nitrogens with zero attached hydrogens (tertiary/aromatic N) is 1. The van der Waals surface area contributed by atoms with Gasteiger partial charge in [-0.05, 0) is 12.1 Å². The van der Waals surface area contributed by atoms with Crippen LogP contribution < -0.4 is 0 Å². The predicted octanol–water partition coefficient (Wildman–Crippen LogP) is 2.44. The van der Waals surface area contributed by atoms with Gasteiger partial charge in [-0.2, -0.15) is 0 Å². The number of hydrogen-bond donors (Lipinski definition) is 1. The van der Waals surface area contributed by atoms with Crippen LogP contribution in [0.15, 0.2) is 37.1 Å². The van der Waals surface area contributed by atoms with Crippen LogP contribution in [0.1, 0.15) is 10.4 Å². The summed E-state index contributed by atoms with van der Waals surface area (Å²) in [5.41, 5.74) is 1.05. The molecule has 1 N–H and O–H groups in total. The van der Waals surface area contributed by atoms with E-state index >= 15 is 0 Å². The molecule has 2 aromatic rings. The third kappa shape index (κ3) is 1.48. The van der Waals surface area contributed by atoms with E-state index in [0.29, 0.717) is 16.5 Å². The number of benzene rings is 1. The SMILES string of the molecule is C=CC(=O)c1c[nH]c2ccc([N+](=O)[O-])cc12. The number of carbonyl (C=O) groups is 1. The Bertz CT molecular complexity index is 598. The number of nitro benzene ring substituents is 1. The zero-order valence-corrected chi connectivity index (χ0v) is 8.27. The van der Waals surface area contributed by atoms with Gasteiger partial charge in [0, 0.05) is 34.8 Å². The number of aromatic amines is 1. The van der Waals surface area contributed by atoms with Crippen molar-refractivity contribution in [2.45, 2.75) is 0 Å². The quantitative estimate of drug-likeness (QED) is 0.370. The highest BCUT2D eigenvalue weighted by atomic mass is 16.6. The van der Waals surface area contributed by atoms with E-state index in [9.17, 15) is 14.9 Å². The number of allylic oxidation sites excluding steroid dienone is 1. The number of rotatable bonds is 3. The summed E-state index contributed by atoms with van der Waals surface area (Å²) in [7, 11) is 0. The van der Waals surface area contributed by atoms with Crippen LogP contribution in [0.5, 0.6) is 0 Å². The molecule has 1 aromatic heterocycles. The number of fused-ring (bicyclic) bond motifs is 1. The smallest absolute Gasteiger partial charge is 0.270 e. The molecule has 0 saturated carbocycles. The van der Waals surface area contributed by atoms with Crippen LogP contribution in [-0.2, 0) is 0 Å². The predicted molar refractivity (Wildman–Crippen MR) is 59.5 cm³/mol. The molecule has 0 aliphatic rings. The summed E-state index contributed by atoms with van der Waals surface area (Å²) in [6.07, 6.45) is 2.71. The van der Waals surface area contributed by atoms with Crippen LogP contribution in [0.2, 0.25) is 0 Å². The Labute approximate surface area is 90.5 Å². The van der Waals surface area contributed by atoms with Crippen LogP contribution in [0, 0.1) is 10.1 Å². The van der Waals surface area contributed by atoms with Gasteiger partial charge in [-0.25, -0.2) is 0 Å². The summed E-state index contributed by atoms with van der Waals surface area (Å²) in [5.74, 6) is -0.258. The van der Waals surface area contributed by atoms with Gasteiger partial charge < -0.3 is 4.98 Å². The molecule has 0 unspecified atom stereocenters. The first-order valence-corrected chi connectivity index (χ1v) is 4.56. The van der Waals surface area contributed by atoms with Crippen LogP contribution in [0.25, 0.3) is 10.9 Å². The first-order chi connectivity index (χ1) is 7.63. The van der Waals surface area contributed by atoms with E-state index in [0.717, 1.165) is 0 Å². The zero-order chi connectivity index (χ0) is 11.7. The molecule has 2 rings (SSSR count). The number of nitrogens with one attached hydrogen (secondary N) is 1. The molecular formula is C11H8N2O3. The van der Waals surface area contributed by atoms with Gasteiger partial charge in [0.25, 0.3) is 5.69 Å². The topological polar surface area (TPSA) is 76.0 Å². The summed E-state index contributed by atoms with van der Waals surface area (Å²) in [6.45, 7) is 3.38. The summed E-state index contributed by atoms with van der Waals surface area (Å²) in [5, 5.41) is 11.1. The molecule has 0 radical (unpaired) electrons. The molecule has 0 aliphatic carbocycles. The maximum Gasteiger partial charge on any atom is 0.270 e. The van der Waals surface area contributed by atoms with Crippen molar-refractivity contribution in [3.63, 3.8) is 0 Å². The molecule has 0 atom stereocenters. The lowest BCUT2D eigenvalue weighted by atomic mass is 10.1. The molecule has 5 heteroatoms. The number of nitro groups is 1. The van der Waals surface area contributed by atoms with E-state index < -0.39 is 4.92 Å². The summed E-state index contributed by atoms with van der Waals surface area (Å²) >= 11 is 0. The maximum absolute atomic E-state index is 11.5. The van der Waals surface area contributed by atoms with Crippen LogP contribution in [-0.4, -0.2) is 15.7 Å². The Morgan fingerprint density at radius 2 is 2.25 bits per heavy atom. The van der Waals surface area contributed by atoms with Gasteiger partial charge in [-0.15, -0.1) is 0 Å². The highest BCUT2D eigenvalue weighted by Gasteiger charge is 2.13. The molecule has 1 heterocycles. The Balaban J connectivity index is 2.69. The molecule has 5 nitrogen and oxygen atoms in total. The van der Waals surface area contributed by atoms with Crippen molar-refractivity contribution >= 4 is 22.4 Å². The van der Waals surface area contributed by atoms with E-state index in [4.69, 9.17) is 0 Å². The van der Waals surface area contributed by atoms with Crippen molar-refractivity contribution in [1.82, 2.24) is 4.98 Å². The van der Waals surface area contributed by atoms with Crippen molar-refractivity contribution in [2.24, 2.45) is 0 Å². The Morgan fingerprint density at radius 1 is 1.50 bits per heavy atom. The molecular weight excluding hydrogens is 208 g/mol. The van der Waals surface area contributed by atoms with Gasteiger partial charge in [-0.1, -0.05) is 6.58 Å². The molecule has 0 spiro atoms. The number of aromatic nitrogens is 1. The van der Waals surface area contributed by atoms with Crippen molar-refractivity contribution in [3.8, 4) is 0 Å². The number of carbonyl (C=O) groups excluding carboxylic acids is 1. The van der Waals surface area contributed by atoms with E-state index in [1.165, 1.54) is 24.4 Å². The highest BCUT2D eigenvalue weighted by Crippen LogP contribution is 2.23. The first-order valence-electron chi connectivity index (χ1n) is 4.56. The highest BCUT2D eigenvalue weighted by molar-refractivity contribution is 6.13. The standard InChI is InChI=1S/C11H8N2O3/c1-2-11(14)9-6-12-10-4-3-7(13(15)16)5-8(9)10/h2-6,12H,1H2. The van der Waals surface area contributed by atoms with Crippen molar-refractivity contribution in [1.29, 1.82) is 0 Å². The lowest BCUT2D eigenvalue weighted by molar-refractivity contribution is -0.384. The van der Waals surface area contributed by atoms with Crippen molar-refractivity contribution < 1.29 is 9.72 Å². The Hall–Kier alpha value is -2.43. The minimum Gasteiger partial charge on any atom is -0.360 e.